The zero-order chi connectivity index (χ0) is 16.6. The second-order valence-corrected chi connectivity index (χ2v) is 5.42. The Morgan fingerprint density at radius 1 is 1.26 bits per heavy atom. The standard InChI is InChI=1S/C15H17N4O4/c1-10(20)9-19-14(22)13(21)18-8-7-17(15(18)16-19)11-3-5-12(23-2)6-4-11/h3-6,15H,7-9H2,1-2H3/q+1. The van der Waals surface area contributed by atoms with E-state index in [2.05, 4.69) is 5.11 Å². The first-order chi connectivity index (χ1) is 11.0. The molecular formula is C15H17N4O4+. The van der Waals surface area contributed by atoms with E-state index in [0.717, 1.165) is 16.1 Å². The number of azo groups is 2. The number of carbonyl (C=O) groups excluding carboxylic acids is 3. The summed E-state index contributed by atoms with van der Waals surface area (Å²) in [6, 6.07) is 7.38. The summed E-state index contributed by atoms with van der Waals surface area (Å²) in [5, 5.41) is 4.28. The van der Waals surface area contributed by atoms with E-state index in [0.29, 0.717) is 13.1 Å². The van der Waals surface area contributed by atoms with Gasteiger partial charge in [0.05, 0.1) is 7.11 Å². The topological polar surface area (TPSA) is 82.3 Å². The summed E-state index contributed by atoms with van der Waals surface area (Å²) in [4.78, 5) is 38.8. The molecule has 1 unspecified atom stereocenters. The number of carbonyl (C=O) groups is 3. The molecule has 2 aliphatic rings. The van der Waals surface area contributed by atoms with Crippen molar-refractivity contribution in [2.24, 2.45) is 5.11 Å². The van der Waals surface area contributed by atoms with Crippen molar-refractivity contribution in [3.63, 3.8) is 0 Å². The number of ether oxygens (including phenoxy) is 1. The Labute approximate surface area is 132 Å². The molecule has 0 N–H and O–H groups in total. The van der Waals surface area contributed by atoms with Gasteiger partial charge in [-0.1, -0.05) is 0 Å². The first kappa shape index (κ1) is 15.1. The molecule has 0 aliphatic carbocycles. The SMILES string of the molecule is COc1ccc(N2CCN3C(=O)C(=O)[N+](CC(C)=O)=NC32)cc1. The molecule has 3 rings (SSSR count). The molecule has 8 nitrogen and oxygen atoms in total. The third-order valence-corrected chi connectivity index (χ3v) is 3.84. The highest BCUT2D eigenvalue weighted by atomic mass is 16.5. The number of anilines is 1. The lowest BCUT2D eigenvalue weighted by molar-refractivity contribution is -0.509. The number of amides is 2. The molecule has 0 bridgehead atoms. The summed E-state index contributed by atoms with van der Waals surface area (Å²) in [6.07, 6.45) is -0.604. The largest absolute Gasteiger partial charge is 0.502 e. The van der Waals surface area contributed by atoms with Crippen LogP contribution in [0.4, 0.5) is 5.69 Å². The second kappa shape index (κ2) is 5.79. The van der Waals surface area contributed by atoms with Crippen LogP contribution in [0.25, 0.3) is 0 Å². The summed E-state index contributed by atoms with van der Waals surface area (Å²) < 4.78 is 6.10. The highest BCUT2D eigenvalue weighted by Gasteiger charge is 2.49. The average Bonchev–Trinajstić information content (AvgIpc) is 2.96. The predicted molar refractivity (Wildman–Crippen MR) is 79.1 cm³/mol. The highest BCUT2D eigenvalue weighted by Crippen LogP contribution is 2.28. The molecule has 2 heterocycles. The van der Waals surface area contributed by atoms with E-state index in [4.69, 9.17) is 4.74 Å². The number of hydrogen-bond acceptors (Lipinski definition) is 6. The minimum Gasteiger partial charge on any atom is -0.497 e. The van der Waals surface area contributed by atoms with Gasteiger partial charge in [-0.3, -0.25) is 14.5 Å². The Balaban J connectivity index is 1.92. The molecule has 1 aromatic rings. The van der Waals surface area contributed by atoms with Crippen molar-refractivity contribution in [3.8, 4) is 5.75 Å². The Kier molecular flexibility index (Phi) is 3.81. The maximum atomic E-state index is 12.2. The third kappa shape index (κ3) is 2.67. The van der Waals surface area contributed by atoms with Crippen LogP contribution < -0.4 is 9.64 Å². The minimum atomic E-state index is -0.756. The normalized spacial score (nSPS) is 20.4. The summed E-state index contributed by atoms with van der Waals surface area (Å²) in [5.74, 6) is -0.873. The van der Waals surface area contributed by atoms with Crippen LogP contribution in [0.5, 0.6) is 5.75 Å². The molecular weight excluding hydrogens is 300 g/mol. The zero-order valence-corrected chi connectivity index (χ0v) is 12.9. The number of methoxy groups -OCH3 is 1. The molecule has 120 valence electrons. The monoisotopic (exact) mass is 317 g/mol. The Bertz CT molecular complexity index is 698. The van der Waals surface area contributed by atoms with Crippen molar-refractivity contribution in [2.45, 2.75) is 13.2 Å². The number of fused-ring (bicyclic) bond motifs is 1. The van der Waals surface area contributed by atoms with Gasteiger partial charge in [-0.2, -0.15) is 0 Å². The second-order valence-electron chi connectivity index (χ2n) is 5.42. The maximum Gasteiger partial charge on any atom is 0.502 e. The molecule has 0 radical (unpaired) electrons. The van der Waals surface area contributed by atoms with Gasteiger partial charge in [0, 0.05) is 30.8 Å². The molecule has 23 heavy (non-hydrogen) atoms. The van der Waals surface area contributed by atoms with E-state index < -0.39 is 18.1 Å². The van der Waals surface area contributed by atoms with Crippen molar-refractivity contribution < 1.29 is 23.8 Å². The first-order valence-corrected chi connectivity index (χ1v) is 7.24. The van der Waals surface area contributed by atoms with Crippen molar-refractivity contribution in [1.82, 2.24) is 4.90 Å². The van der Waals surface area contributed by atoms with Gasteiger partial charge < -0.3 is 9.64 Å². The fraction of sp³-hybridized carbons (Fsp3) is 0.400. The number of nitrogens with zero attached hydrogens (tertiary/aromatic N) is 4. The Morgan fingerprint density at radius 3 is 2.52 bits per heavy atom. The van der Waals surface area contributed by atoms with Gasteiger partial charge in [-0.05, 0) is 29.0 Å². The van der Waals surface area contributed by atoms with E-state index in [9.17, 15) is 14.4 Å². The van der Waals surface area contributed by atoms with Crippen LogP contribution in [0, 0.1) is 0 Å². The van der Waals surface area contributed by atoms with E-state index in [1.807, 2.05) is 29.2 Å². The average molecular weight is 317 g/mol. The van der Waals surface area contributed by atoms with Crippen LogP contribution in [-0.4, -0.2) is 60.2 Å². The molecule has 1 atom stereocenters. The van der Waals surface area contributed by atoms with Crippen molar-refractivity contribution in [2.75, 3.05) is 31.6 Å². The molecule has 2 amide bonds. The maximum absolute atomic E-state index is 12.2. The van der Waals surface area contributed by atoms with Crippen LogP contribution in [0.2, 0.25) is 0 Å². The van der Waals surface area contributed by atoms with E-state index >= 15 is 0 Å². The molecule has 2 aliphatic heterocycles. The van der Waals surface area contributed by atoms with Gasteiger partial charge in [-0.15, -0.1) is 0 Å². The molecule has 0 aromatic heterocycles. The van der Waals surface area contributed by atoms with Crippen molar-refractivity contribution in [3.05, 3.63) is 24.3 Å². The summed E-state index contributed by atoms with van der Waals surface area (Å²) in [5.41, 5.74) is 0.868. The van der Waals surface area contributed by atoms with Crippen LogP contribution >= 0.6 is 0 Å². The lowest BCUT2D eigenvalue weighted by Crippen LogP contribution is -2.52. The lowest BCUT2D eigenvalue weighted by Gasteiger charge is -2.26. The molecule has 1 aromatic carbocycles. The molecule has 1 saturated heterocycles. The van der Waals surface area contributed by atoms with Crippen LogP contribution in [0.1, 0.15) is 6.92 Å². The van der Waals surface area contributed by atoms with Crippen LogP contribution in [0.15, 0.2) is 29.4 Å². The third-order valence-electron chi connectivity index (χ3n) is 3.84. The molecule has 0 saturated carbocycles. The van der Waals surface area contributed by atoms with Gasteiger partial charge in [0.1, 0.15) is 5.75 Å². The molecule has 8 heteroatoms. The van der Waals surface area contributed by atoms with Gasteiger partial charge in [-0.25, -0.2) is 4.79 Å². The lowest BCUT2D eigenvalue weighted by atomic mass is 10.3. The summed E-state index contributed by atoms with van der Waals surface area (Å²) >= 11 is 0. The van der Waals surface area contributed by atoms with Crippen LogP contribution in [0.3, 0.4) is 0 Å². The van der Waals surface area contributed by atoms with Gasteiger partial charge in [0.2, 0.25) is 6.54 Å². The number of ketones is 1. The summed E-state index contributed by atoms with van der Waals surface area (Å²) in [7, 11) is 1.59. The van der Waals surface area contributed by atoms with Gasteiger partial charge in [0.15, 0.2) is 5.78 Å². The van der Waals surface area contributed by atoms with Crippen molar-refractivity contribution in [1.29, 1.82) is 0 Å². The van der Waals surface area contributed by atoms with E-state index in [1.165, 1.54) is 11.8 Å². The minimum absolute atomic E-state index is 0.189. The van der Waals surface area contributed by atoms with E-state index in [1.54, 1.807) is 7.11 Å². The first-order valence-electron chi connectivity index (χ1n) is 7.24. The smallest absolute Gasteiger partial charge is 0.497 e. The zero-order valence-electron chi connectivity index (χ0n) is 12.9. The Morgan fingerprint density at radius 2 is 1.91 bits per heavy atom. The van der Waals surface area contributed by atoms with Gasteiger partial charge >= 0.3 is 11.8 Å². The number of hydrogen-bond donors (Lipinski definition) is 0. The fourth-order valence-corrected chi connectivity index (χ4v) is 2.72. The Hall–Kier alpha value is -2.77. The number of benzene rings is 1. The predicted octanol–water partition coefficient (Wildman–Crippen LogP) is 0.221. The quantitative estimate of drug-likeness (QED) is 0.586. The van der Waals surface area contributed by atoms with Crippen LogP contribution in [-0.2, 0) is 14.4 Å². The number of rotatable bonds is 4. The summed E-state index contributed by atoms with van der Waals surface area (Å²) in [6.45, 7) is 2.15. The van der Waals surface area contributed by atoms with E-state index in [-0.39, 0.29) is 12.3 Å². The van der Waals surface area contributed by atoms with Crippen molar-refractivity contribution >= 4 is 23.3 Å². The highest BCUT2D eigenvalue weighted by molar-refractivity contribution is 6.31. The molecule has 1 fully saturated rings. The molecule has 0 spiro atoms. The number of Topliss-reactive ketones (excluding diaryl/α,β-unsaturated/α-hetero) is 1. The van der Waals surface area contributed by atoms with Gasteiger partial charge in [0.25, 0.3) is 6.29 Å². The fourth-order valence-electron chi connectivity index (χ4n) is 2.72.